The summed E-state index contributed by atoms with van der Waals surface area (Å²) >= 11 is 0. The van der Waals surface area contributed by atoms with Crippen molar-refractivity contribution in [1.29, 1.82) is 0 Å². The Hall–Kier alpha value is -1.02. The molecule has 2 nitrogen and oxygen atoms in total. The van der Waals surface area contributed by atoms with Crippen LogP contribution in [0.1, 0.15) is 45.3 Å². The monoisotopic (exact) mass is 232 g/mol. The maximum absolute atomic E-state index is 6.17. The highest BCUT2D eigenvalue weighted by Crippen LogP contribution is 2.50. The average molecular weight is 232 g/mol. The molecule has 0 aliphatic carbocycles. The van der Waals surface area contributed by atoms with Crippen LogP contribution in [0.3, 0.4) is 0 Å². The third-order valence-electron chi connectivity index (χ3n) is 4.12. The van der Waals surface area contributed by atoms with Crippen LogP contribution in [-0.2, 0) is 4.74 Å². The van der Waals surface area contributed by atoms with Crippen molar-refractivity contribution in [2.45, 2.75) is 51.4 Å². The van der Waals surface area contributed by atoms with Crippen LogP contribution in [0.4, 0.5) is 0 Å². The van der Waals surface area contributed by atoms with Crippen LogP contribution in [0.2, 0.25) is 0 Å². The number of hydrogen-bond acceptors (Lipinski definition) is 2. The molecule has 0 aromatic heterocycles. The van der Waals surface area contributed by atoms with Crippen LogP contribution >= 0.6 is 0 Å². The minimum Gasteiger partial charge on any atom is -0.487 e. The van der Waals surface area contributed by atoms with Gasteiger partial charge in [-0.2, -0.15) is 0 Å². The first kappa shape index (κ1) is 11.1. The summed E-state index contributed by atoms with van der Waals surface area (Å²) in [4.78, 5) is 0. The maximum atomic E-state index is 6.17. The minimum atomic E-state index is -0.126. The second kappa shape index (κ2) is 3.74. The molecule has 2 aliphatic heterocycles. The van der Waals surface area contributed by atoms with Gasteiger partial charge in [0.1, 0.15) is 11.4 Å². The molecular weight excluding hydrogens is 212 g/mol. The van der Waals surface area contributed by atoms with Crippen molar-refractivity contribution >= 4 is 0 Å². The molecule has 1 fully saturated rings. The SMILES string of the molecule is CC1CCC2C(O1)c1ccccc1OC2(C)C. The van der Waals surface area contributed by atoms with Gasteiger partial charge in [0, 0.05) is 11.5 Å². The fourth-order valence-electron chi connectivity index (χ4n) is 3.15. The Morgan fingerprint density at radius 1 is 1.18 bits per heavy atom. The van der Waals surface area contributed by atoms with Gasteiger partial charge in [-0.05, 0) is 39.7 Å². The van der Waals surface area contributed by atoms with Crippen LogP contribution in [0.25, 0.3) is 0 Å². The van der Waals surface area contributed by atoms with E-state index in [4.69, 9.17) is 9.47 Å². The minimum absolute atomic E-state index is 0.126. The van der Waals surface area contributed by atoms with Crippen molar-refractivity contribution in [1.82, 2.24) is 0 Å². The van der Waals surface area contributed by atoms with Crippen molar-refractivity contribution in [3.8, 4) is 5.75 Å². The second-order valence-corrected chi connectivity index (χ2v) is 5.79. The summed E-state index contributed by atoms with van der Waals surface area (Å²) in [5.41, 5.74) is 1.10. The van der Waals surface area contributed by atoms with Gasteiger partial charge in [-0.1, -0.05) is 18.2 Å². The van der Waals surface area contributed by atoms with Gasteiger partial charge in [0.15, 0.2) is 0 Å². The highest BCUT2D eigenvalue weighted by Gasteiger charge is 2.46. The molecule has 1 saturated heterocycles. The van der Waals surface area contributed by atoms with E-state index in [1.54, 1.807) is 0 Å². The summed E-state index contributed by atoms with van der Waals surface area (Å²) < 4.78 is 12.3. The molecule has 3 unspecified atom stereocenters. The van der Waals surface area contributed by atoms with Gasteiger partial charge in [0.05, 0.1) is 12.2 Å². The Morgan fingerprint density at radius 3 is 2.76 bits per heavy atom. The summed E-state index contributed by atoms with van der Waals surface area (Å²) in [5, 5.41) is 0. The first-order valence-corrected chi connectivity index (χ1v) is 6.51. The topological polar surface area (TPSA) is 18.5 Å². The summed E-state index contributed by atoms with van der Waals surface area (Å²) in [6, 6.07) is 8.29. The number of fused-ring (bicyclic) bond motifs is 3. The van der Waals surface area contributed by atoms with Gasteiger partial charge in [-0.3, -0.25) is 0 Å². The van der Waals surface area contributed by atoms with Gasteiger partial charge in [0.25, 0.3) is 0 Å². The average Bonchev–Trinajstić information content (AvgIpc) is 2.28. The third-order valence-corrected chi connectivity index (χ3v) is 4.12. The van der Waals surface area contributed by atoms with E-state index in [9.17, 15) is 0 Å². The van der Waals surface area contributed by atoms with Gasteiger partial charge in [-0.15, -0.1) is 0 Å². The Morgan fingerprint density at radius 2 is 1.94 bits per heavy atom. The lowest BCUT2D eigenvalue weighted by molar-refractivity contribution is -0.144. The maximum Gasteiger partial charge on any atom is 0.125 e. The lowest BCUT2D eigenvalue weighted by atomic mass is 9.75. The zero-order valence-corrected chi connectivity index (χ0v) is 10.8. The second-order valence-electron chi connectivity index (χ2n) is 5.79. The summed E-state index contributed by atoms with van der Waals surface area (Å²) in [5.74, 6) is 1.46. The molecule has 3 rings (SSSR count). The molecule has 0 bridgehead atoms. The van der Waals surface area contributed by atoms with Crippen molar-refractivity contribution in [3.05, 3.63) is 29.8 Å². The highest BCUT2D eigenvalue weighted by atomic mass is 16.5. The Balaban J connectivity index is 2.05. The van der Waals surface area contributed by atoms with Crippen molar-refractivity contribution < 1.29 is 9.47 Å². The molecular formula is C15H20O2. The zero-order chi connectivity index (χ0) is 12.0. The zero-order valence-electron chi connectivity index (χ0n) is 10.8. The molecule has 2 heteroatoms. The largest absolute Gasteiger partial charge is 0.487 e. The molecule has 0 saturated carbocycles. The van der Waals surface area contributed by atoms with Crippen LogP contribution in [0.15, 0.2) is 24.3 Å². The van der Waals surface area contributed by atoms with Gasteiger partial charge in [0.2, 0.25) is 0 Å². The number of rotatable bonds is 0. The summed E-state index contributed by atoms with van der Waals surface area (Å²) in [7, 11) is 0. The van der Waals surface area contributed by atoms with Crippen molar-refractivity contribution in [2.24, 2.45) is 5.92 Å². The lowest BCUT2D eigenvalue weighted by Crippen LogP contribution is -2.48. The molecule has 0 amide bonds. The van der Waals surface area contributed by atoms with Crippen LogP contribution in [-0.4, -0.2) is 11.7 Å². The molecule has 0 spiro atoms. The summed E-state index contributed by atoms with van der Waals surface area (Å²) in [6.45, 7) is 6.53. The normalized spacial score (nSPS) is 34.4. The predicted molar refractivity (Wildman–Crippen MR) is 67.2 cm³/mol. The molecule has 2 aliphatic rings. The van der Waals surface area contributed by atoms with E-state index < -0.39 is 0 Å². The van der Waals surface area contributed by atoms with Crippen LogP contribution in [0.5, 0.6) is 5.75 Å². The van der Waals surface area contributed by atoms with Gasteiger partial charge >= 0.3 is 0 Å². The molecule has 1 aromatic carbocycles. The molecule has 2 heterocycles. The third kappa shape index (κ3) is 1.75. The molecule has 0 radical (unpaired) electrons. The molecule has 17 heavy (non-hydrogen) atoms. The van der Waals surface area contributed by atoms with E-state index in [0.717, 1.165) is 12.2 Å². The fourth-order valence-corrected chi connectivity index (χ4v) is 3.15. The first-order valence-electron chi connectivity index (χ1n) is 6.51. The van der Waals surface area contributed by atoms with E-state index in [1.807, 2.05) is 6.07 Å². The highest BCUT2D eigenvalue weighted by molar-refractivity contribution is 5.39. The number of hydrogen-bond donors (Lipinski definition) is 0. The van der Waals surface area contributed by atoms with Gasteiger partial charge < -0.3 is 9.47 Å². The first-order chi connectivity index (χ1) is 8.08. The molecule has 0 N–H and O–H groups in total. The van der Waals surface area contributed by atoms with Gasteiger partial charge in [-0.25, -0.2) is 0 Å². The number of para-hydroxylation sites is 1. The summed E-state index contributed by atoms with van der Waals surface area (Å²) in [6.07, 6.45) is 2.89. The van der Waals surface area contributed by atoms with E-state index in [-0.39, 0.29) is 11.7 Å². The Kier molecular flexibility index (Phi) is 2.44. The fraction of sp³-hybridized carbons (Fsp3) is 0.600. The lowest BCUT2D eigenvalue weighted by Gasteiger charge is -2.48. The van der Waals surface area contributed by atoms with E-state index in [0.29, 0.717) is 12.0 Å². The van der Waals surface area contributed by atoms with Crippen LogP contribution in [0, 0.1) is 5.92 Å². The standard InChI is InChI=1S/C15H20O2/c1-10-8-9-12-14(16-10)11-6-4-5-7-13(11)17-15(12,2)3/h4-7,10,12,14H,8-9H2,1-3H3. The quantitative estimate of drug-likeness (QED) is 0.679. The van der Waals surface area contributed by atoms with Crippen molar-refractivity contribution in [3.63, 3.8) is 0 Å². The van der Waals surface area contributed by atoms with E-state index in [2.05, 4.69) is 39.0 Å². The van der Waals surface area contributed by atoms with E-state index >= 15 is 0 Å². The number of benzene rings is 1. The molecule has 1 aromatic rings. The Labute approximate surface area is 103 Å². The molecule has 3 atom stereocenters. The van der Waals surface area contributed by atoms with E-state index in [1.165, 1.54) is 12.0 Å². The Bertz CT molecular complexity index is 425. The predicted octanol–water partition coefficient (Wildman–Crippen LogP) is 3.71. The van der Waals surface area contributed by atoms with Crippen LogP contribution < -0.4 is 4.74 Å². The molecule has 92 valence electrons. The number of ether oxygens (including phenoxy) is 2. The van der Waals surface area contributed by atoms with Crippen molar-refractivity contribution in [2.75, 3.05) is 0 Å². The smallest absolute Gasteiger partial charge is 0.125 e.